The smallest absolute Gasteiger partial charge is 0.0826 e. The molecule has 24 heavy (non-hydrogen) atoms. The van der Waals surface area contributed by atoms with E-state index in [1.165, 1.54) is 0 Å². The molecule has 3 heteroatoms. The van der Waals surface area contributed by atoms with Gasteiger partial charge in [0.2, 0.25) is 0 Å². The van der Waals surface area contributed by atoms with E-state index in [1.54, 1.807) is 0 Å². The number of allylic oxidation sites excluding steroid dienone is 1. The van der Waals surface area contributed by atoms with Gasteiger partial charge in [-0.3, -0.25) is 0 Å². The molecule has 0 aliphatic rings. The minimum absolute atomic E-state index is 0.0121. The van der Waals surface area contributed by atoms with E-state index in [-0.39, 0.29) is 5.92 Å². The van der Waals surface area contributed by atoms with Gasteiger partial charge in [-0.2, -0.15) is 0 Å². The fourth-order valence-electron chi connectivity index (χ4n) is 2.46. The van der Waals surface area contributed by atoms with Crippen LogP contribution < -0.4 is 0 Å². The van der Waals surface area contributed by atoms with Crippen LogP contribution in [0.4, 0.5) is 0 Å². The Kier molecular flexibility index (Phi) is 8.25. The average molecular weight is 326 g/mol. The SMILES string of the molecule is C=CC[C@@H](COCc1ccccc1)[C@H](O)COCc1ccccc1. The van der Waals surface area contributed by atoms with Gasteiger partial charge in [-0.1, -0.05) is 66.7 Å². The summed E-state index contributed by atoms with van der Waals surface area (Å²) in [7, 11) is 0. The van der Waals surface area contributed by atoms with Crippen LogP contribution in [0, 0.1) is 5.92 Å². The first-order valence-corrected chi connectivity index (χ1v) is 8.32. The van der Waals surface area contributed by atoms with Crippen LogP contribution >= 0.6 is 0 Å². The van der Waals surface area contributed by atoms with Gasteiger partial charge in [0.1, 0.15) is 0 Å². The van der Waals surface area contributed by atoms with Crippen molar-refractivity contribution >= 4 is 0 Å². The van der Waals surface area contributed by atoms with Crippen molar-refractivity contribution in [3.63, 3.8) is 0 Å². The second-order valence-electron chi connectivity index (χ2n) is 5.85. The zero-order chi connectivity index (χ0) is 17.0. The van der Waals surface area contributed by atoms with Crippen molar-refractivity contribution in [2.45, 2.75) is 25.7 Å². The van der Waals surface area contributed by atoms with Gasteiger partial charge in [-0.25, -0.2) is 0 Å². The first kappa shape index (κ1) is 18.4. The summed E-state index contributed by atoms with van der Waals surface area (Å²) >= 11 is 0. The third-order valence-corrected chi connectivity index (χ3v) is 3.86. The fourth-order valence-corrected chi connectivity index (χ4v) is 2.46. The summed E-state index contributed by atoms with van der Waals surface area (Å²) in [4.78, 5) is 0. The molecule has 0 fully saturated rings. The van der Waals surface area contributed by atoms with Gasteiger partial charge in [0.25, 0.3) is 0 Å². The maximum absolute atomic E-state index is 10.4. The lowest BCUT2D eigenvalue weighted by molar-refractivity contribution is -0.0311. The summed E-state index contributed by atoms with van der Waals surface area (Å²) in [5.41, 5.74) is 2.23. The van der Waals surface area contributed by atoms with Crippen LogP contribution in [-0.4, -0.2) is 24.4 Å². The number of rotatable bonds is 11. The van der Waals surface area contributed by atoms with Crippen molar-refractivity contribution in [3.8, 4) is 0 Å². The number of hydrogen-bond donors (Lipinski definition) is 1. The Morgan fingerprint density at radius 3 is 1.83 bits per heavy atom. The average Bonchev–Trinajstić information content (AvgIpc) is 2.63. The van der Waals surface area contributed by atoms with Crippen LogP contribution in [0.1, 0.15) is 17.5 Å². The highest BCUT2D eigenvalue weighted by Gasteiger charge is 2.18. The third kappa shape index (κ3) is 6.67. The molecule has 2 aromatic rings. The number of benzene rings is 2. The molecule has 0 aromatic heterocycles. The lowest BCUT2D eigenvalue weighted by atomic mass is 10.00. The lowest BCUT2D eigenvalue weighted by Gasteiger charge is -2.22. The molecule has 0 radical (unpaired) electrons. The van der Waals surface area contributed by atoms with E-state index < -0.39 is 6.10 Å². The van der Waals surface area contributed by atoms with Crippen molar-refractivity contribution in [2.24, 2.45) is 5.92 Å². The van der Waals surface area contributed by atoms with Crippen LogP contribution in [0.2, 0.25) is 0 Å². The molecule has 0 spiro atoms. The van der Waals surface area contributed by atoms with Gasteiger partial charge < -0.3 is 14.6 Å². The Balaban J connectivity index is 1.72. The monoisotopic (exact) mass is 326 g/mol. The number of aliphatic hydroxyl groups is 1. The van der Waals surface area contributed by atoms with Crippen LogP contribution in [0.25, 0.3) is 0 Å². The molecular weight excluding hydrogens is 300 g/mol. The third-order valence-electron chi connectivity index (χ3n) is 3.86. The van der Waals surface area contributed by atoms with Crippen molar-refractivity contribution in [1.82, 2.24) is 0 Å². The predicted molar refractivity (Wildman–Crippen MR) is 96.5 cm³/mol. The van der Waals surface area contributed by atoms with Crippen LogP contribution in [0.15, 0.2) is 73.3 Å². The van der Waals surface area contributed by atoms with E-state index in [2.05, 4.69) is 6.58 Å². The van der Waals surface area contributed by atoms with Gasteiger partial charge in [0.05, 0.1) is 32.5 Å². The molecule has 0 saturated carbocycles. The highest BCUT2D eigenvalue weighted by atomic mass is 16.5. The predicted octanol–water partition coefficient (Wildman–Crippen LogP) is 3.97. The summed E-state index contributed by atoms with van der Waals surface area (Å²) in [6, 6.07) is 20.0. The van der Waals surface area contributed by atoms with Gasteiger partial charge in [-0.15, -0.1) is 6.58 Å². The van der Waals surface area contributed by atoms with E-state index in [0.717, 1.165) is 11.1 Å². The molecule has 2 rings (SSSR count). The Labute approximate surface area is 144 Å². The number of hydrogen-bond acceptors (Lipinski definition) is 3. The van der Waals surface area contributed by atoms with Gasteiger partial charge in [0.15, 0.2) is 0 Å². The van der Waals surface area contributed by atoms with Crippen molar-refractivity contribution in [3.05, 3.63) is 84.4 Å². The molecule has 0 saturated heterocycles. The molecule has 0 amide bonds. The largest absolute Gasteiger partial charge is 0.390 e. The minimum atomic E-state index is -0.567. The van der Waals surface area contributed by atoms with E-state index in [9.17, 15) is 5.11 Å². The van der Waals surface area contributed by atoms with Crippen LogP contribution in [0.3, 0.4) is 0 Å². The highest BCUT2D eigenvalue weighted by molar-refractivity contribution is 5.14. The molecule has 0 aliphatic carbocycles. The molecule has 1 N–H and O–H groups in total. The standard InChI is InChI=1S/C21H26O3/c1-2-9-20(16-23-14-18-10-5-3-6-11-18)21(22)17-24-15-19-12-7-4-8-13-19/h2-8,10-13,20-22H,1,9,14-17H2/t20-,21+/m0/s1. The quantitative estimate of drug-likeness (QED) is 0.635. The second kappa shape index (κ2) is 10.8. The van der Waals surface area contributed by atoms with E-state index in [4.69, 9.17) is 9.47 Å². The summed E-state index contributed by atoms with van der Waals surface area (Å²) < 4.78 is 11.4. The Morgan fingerprint density at radius 1 is 0.833 bits per heavy atom. The molecule has 2 atom stereocenters. The zero-order valence-electron chi connectivity index (χ0n) is 14.0. The summed E-state index contributed by atoms with van der Waals surface area (Å²) in [6.07, 6.45) is 1.95. The molecule has 0 bridgehead atoms. The van der Waals surface area contributed by atoms with Crippen LogP contribution in [0.5, 0.6) is 0 Å². The first-order valence-electron chi connectivity index (χ1n) is 8.32. The molecule has 0 aliphatic heterocycles. The lowest BCUT2D eigenvalue weighted by Crippen LogP contribution is -2.29. The zero-order valence-corrected chi connectivity index (χ0v) is 14.0. The highest BCUT2D eigenvalue weighted by Crippen LogP contribution is 2.13. The van der Waals surface area contributed by atoms with Crippen molar-refractivity contribution in [2.75, 3.05) is 13.2 Å². The molecule has 0 heterocycles. The number of aliphatic hydroxyl groups excluding tert-OH is 1. The minimum Gasteiger partial charge on any atom is -0.390 e. The maximum atomic E-state index is 10.4. The van der Waals surface area contributed by atoms with E-state index >= 15 is 0 Å². The summed E-state index contributed by atoms with van der Waals surface area (Å²) in [5, 5.41) is 10.4. The number of ether oxygens (including phenoxy) is 2. The molecule has 3 nitrogen and oxygen atoms in total. The molecule has 0 unspecified atom stereocenters. The van der Waals surface area contributed by atoms with Gasteiger partial charge in [-0.05, 0) is 17.5 Å². The molecule has 2 aromatic carbocycles. The first-order chi connectivity index (χ1) is 11.8. The topological polar surface area (TPSA) is 38.7 Å². The Bertz CT molecular complexity index is 568. The maximum Gasteiger partial charge on any atom is 0.0826 e. The van der Waals surface area contributed by atoms with E-state index in [1.807, 2.05) is 66.7 Å². The van der Waals surface area contributed by atoms with Gasteiger partial charge >= 0.3 is 0 Å². The second-order valence-corrected chi connectivity index (χ2v) is 5.85. The van der Waals surface area contributed by atoms with Gasteiger partial charge in [0, 0.05) is 5.92 Å². The Hall–Kier alpha value is -1.94. The van der Waals surface area contributed by atoms with Crippen LogP contribution in [-0.2, 0) is 22.7 Å². The molecule has 128 valence electrons. The fraction of sp³-hybridized carbons (Fsp3) is 0.333. The normalized spacial score (nSPS) is 13.4. The summed E-state index contributed by atoms with van der Waals surface area (Å²) in [5.74, 6) is -0.0121. The van der Waals surface area contributed by atoms with Crippen molar-refractivity contribution < 1.29 is 14.6 Å². The Morgan fingerprint density at radius 2 is 1.33 bits per heavy atom. The molecular formula is C21H26O3. The summed E-state index contributed by atoms with van der Waals surface area (Å²) in [6.45, 7) is 5.60. The van der Waals surface area contributed by atoms with E-state index in [0.29, 0.717) is 32.8 Å². The van der Waals surface area contributed by atoms with Crippen molar-refractivity contribution in [1.29, 1.82) is 0 Å².